The zero-order chi connectivity index (χ0) is 12.3. The molecule has 0 bridgehead atoms. The van der Waals surface area contributed by atoms with Crippen molar-refractivity contribution in [1.82, 2.24) is 9.78 Å². The van der Waals surface area contributed by atoms with Gasteiger partial charge in [-0.1, -0.05) is 0 Å². The van der Waals surface area contributed by atoms with Crippen LogP contribution in [0.4, 0.5) is 13.2 Å². The first-order chi connectivity index (χ1) is 7.34. The summed E-state index contributed by atoms with van der Waals surface area (Å²) in [4.78, 5) is 11.3. The van der Waals surface area contributed by atoms with Gasteiger partial charge in [-0.15, -0.1) is 0 Å². The van der Waals surface area contributed by atoms with Crippen molar-refractivity contribution in [2.75, 3.05) is 6.54 Å². The van der Waals surface area contributed by atoms with Crippen LogP contribution in [0.25, 0.3) is 0 Å². The fraction of sp³-hybridized carbons (Fsp3) is 0.556. The molecule has 0 saturated heterocycles. The minimum Gasteiger partial charge on any atom is -0.330 e. The Kier molecular flexibility index (Phi) is 3.69. The molecule has 0 aliphatic rings. The Morgan fingerprint density at radius 1 is 1.56 bits per heavy atom. The Labute approximate surface area is 89.9 Å². The molecular formula is C9H12F3N3O. The SMILES string of the molecule is Cc1cnn(CC(CN)C(F)(F)F)c(=O)c1. The third kappa shape index (κ3) is 3.06. The van der Waals surface area contributed by atoms with Crippen LogP contribution in [-0.4, -0.2) is 22.5 Å². The summed E-state index contributed by atoms with van der Waals surface area (Å²) in [6, 6.07) is 1.23. The number of halogens is 3. The van der Waals surface area contributed by atoms with E-state index in [9.17, 15) is 18.0 Å². The van der Waals surface area contributed by atoms with Crippen LogP contribution in [0.5, 0.6) is 0 Å². The zero-order valence-corrected chi connectivity index (χ0v) is 8.66. The van der Waals surface area contributed by atoms with E-state index in [1.54, 1.807) is 6.92 Å². The van der Waals surface area contributed by atoms with Gasteiger partial charge in [0.1, 0.15) is 0 Å². The third-order valence-electron chi connectivity index (χ3n) is 2.15. The maximum absolute atomic E-state index is 12.4. The van der Waals surface area contributed by atoms with E-state index in [2.05, 4.69) is 5.10 Å². The first kappa shape index (κ1) is 12.7. The van der Waals surface area contributed by atoms with Crippen molar-refractivity contribution in [3.05, 3.63) is 28.2 Å². The topological polar surface area (TPSA) is 60.9 Å². The predicted molar refractivity (Wildman–Crippen MR) is 51.8 cm³/mol. The lowest BCUT2D eigenvalue weighted by molar-refractivity contribution is -0.175. The molecule has 1 heterocycles. The average Bonchev–Trinajstić information content (AvgIpc) is 2.14. The van der Waals surface area contributed by atoms with Crippen LogP contribution in [-0.2, 0) is 6.54 Å². The van der Waals surface area contributed by atoms with Crippen molar-refractivity contribution >= 4 is 0 Å². The number of nitrogens with zero attached hydrogens (tertiary/aromatic N) is 2. The average molecular weight is 235 g/mol. The predicted octanol–water partition coefficient (Wildman–Crippen LogP) is 0.689. The number of nitrogens with two attached hydrogens (primary N) is 1. The summed E-state index contributed by atoms with van der Waals surface area (Å²) in [7, 11) is 0. The molecule has 1 atom stereocenters. The molecule has 0 spiro atoms. The van der Waals surface area contributed by atoms with E-state index in [-0.39, 0.29) is 0 Å². The van der Waals surface area contributed by atoms with Crippen LogP contribution in [0, 0.1) is 12.8 Å². The van der Waals surface area contributed by atoms with E-state index in [0.29, 0.717) is 5.56 Å². The smallest absolute Gasteiger partial charge is 0.330 e. The van der Waals surface area contributed by atoms with Gasteiger partial charge in [-0.2, -0.15) is 18.3 Å². The maximum Gasteiger partial charge on any atom is 0.394 e. The standard InChI is InChI=1S/C9H12F3N3O/c1-6-2-8(16)15(14-4-6)5-7(3-13)9(10,11)12/h2,4,7H,3,5,13H2,1H3. The highest BCUT2D eigenvalue weighted by atomic mass is 19.4. The molecule has 0 amide bonds. The highest BCUT2D eigenvalue weighted by Gasteiger charge is 2.39. The summed E-state index contributed by atoms with van der Waals surface area (Å²) in [5.74, 6) is -1.75. The summed E-state index contributed by atoms with van der Waals surface area (Å²) in [6.45, 7) is 0.535. The monoisotopic (exact) mass is 235 g/mol. The fourth-order valence-corrected chi connectivity index (χ4v) is 1.18. The number of hydrogen-bond acceptors (Lipinski definition) is 3. The van der Waals surface area contributed by atoms with Gasteiger partial charge in [-0.3, -0.25) is 4.79 Å². The minimum absolute atomic E-state index is 0.543. The number of aryl methyl sites for hydroxylation is 1. The number of alkyl halides is 3. The van der Waals surface area contributed by atoms with Crippen LogP contribution in [0.1, 0.15) is 5.56 Å². The molecule has 7 heteroatoms. The van der Waals surface area contributed by atoms with E-state index in [1.807, 2.05) is 0 Å². The molecule has 0 radical (unpaired) electrons. The molecule has 1 rings (SSSR count). The normalized spacial score (nSPS) is 13.8. The fourth-order valence-electron chi connectivity index (χ4n) is 1.18. The van der Waals surface area contributed by atoms with Crippen molar-refractivity contribution in [3.63, 3.8) is 0 Å². The molecule has 0 fully saturated rings. The Morgan fingerprint density at radius 3 is 2.62 bits per heavy atom. The van der Waals surface area contributed by atoms with Crippen molar-refractivity contribution < 1.29 is 13.2 Å². The highest BCUT2D eigenvalue weighted by Crippen LogP contribution is 2.26. The molecule has 1 unspecified atom stereocenters. The lowest BCUT2D eigenvalue weighted by atomic mass is 10.1. The van der Waals surface area contributed by atoms with Crippen LogP contribution in [0.2, 0.25) is 0 Å². The van der Waals surface area contributed by atoms with Crippen LogP contribution in [0.3, 0.4) is 0 Å². The molecule has 0 aromatic carbocycles. The lowest BCUT2D eigenvalue weighted by Gasteiger charge is -2.18. The van der Waals surface area contributed by atoms with Gasteiger partial charge in [-0.25, -0.2) is 4.68 Å². The molecule has 0 saturated carbocycles. The van der Waals surface area contributed by atoms with E-state index in [0.717, 1.165) is 4.68 Å². The Bertz CT molecular complexity index is 413. The largest absolute Gasteiger partial charge is 0.394 e. The Balaban J connectivity index is 2.91. The first-order valence-corrected chi connectivity index (χ1v) is 4.65. The second kappa shape index (κ2) is 4.65. The van der Waals surface area contributed by atoms with Gasteiger partial charge >= 0.3 is 6.18 Å². The van der Waals surface area contributed by atoms with Crippen LogP contribution >= 0.6 is 0 Å². The van der Waals surface area contributed by atoms with E-state index in [4.69, 9.17) is 5.73 Å². The summed E-state index contributed by atoms with van der Waals surface area (Å²) in [6.07, 6.45) is -3.08. The number of rotatable bonds is 3. The summed E-state index contributed by atoms with van der Waals surface area (Å²) in [5.41, 5.74) is 5.08. The van der Waals surface area contributed by atoms with Gasteiger partial charge < -0.3 is 5.73 Å². The van der Waals surface area contributed by atoms with Crippen molar-refractivity contribution in [3.8, 4) is 0 Å². The molecule has 4 nitrogen and oxygen atoms in total. The lowest BCUT2D eigenvalue weighted by Crippen LogP contribution is -2.37. The van der Waals surface area contributed by atoms with Crippen molar-refractivity contribution in [2.45, 2.75) is 19.6 Å². The quantitative estimate of drug-likeness (QED) is 0.838. The van der Waals surface area contributed by atoms with Crippen molar-refractivity contribution in [2.24, 2.45) is 11.7 Å². The zero-order valence-electron chi connectivity index (χ0n) is 8.66. The van der Waals surface area contributed by atoms with Gasteiger partial charge in [0.25, 0.3) is 5.56 Å². The van der Waals surface area contributed by atoms with Crippen LogP contribution < -0.4 is 11.3 Å². The Morgan fingerprint density at radius 2 is 2.19 bits per heavy atom. The molecule has 1 aromatic heterocycles. The molecule has 90 valence electrons. The summed E-state index contributed by atoms with van der Waals surface area (Å²) in [5, 5.41) is 3.63. The molecular weight excluding hydrogens is 223 g/mol. The Hall–Kier alpha value is -1.37. The summed E-state index contributed by atoms with van der Waals surface area (Å²) >= 11 is 0. The van der Waals surface area contributed by atoms with Gasteiger partial charge in [0.2, 0.25) is 0 Å². The second-order valence-electron chi connectivity index (χ2n) is 3.53. The van der Waals surface area contributed by atoms with Gasteiger partial charge in [0.15, 0.2) is 0 Å². The number of aromatic nitrogens is 2. The maximum atomic E-state index is 12.4. The van der Waals surface area contributed by atoms with E-state index in [1.165, 1.54) is 12.3 Å². The third-order valence-corrected chi connectivity index (χ3v) is 2.15. The molecule has 16 heavy (non-hydrogen) atoms. The van der Waals surface area contributed by atoms with Gasteiger partial charge in [-0.05, 0) is 12.5 Å². The summed E-state index contributed by atoms with van der Waals surface area (Å²) < 4.78 is 38.0. The highest BCUT2D eigenvalue weighted by molar-refractivity contribution is 5.02. The molecule has 0 aliphatic carbocycles. The molecule has 2 N–H and O–H groups in total. The number of hydrogen-bond donors (Lipinski definition) is 1. The molecule has 1 aromatic rings. The van der Waals surface area contributed by atoms with E-state index < -0.39 is 30.7 Å². The van der Waals surface area contributed by atoms with Crippen LogP contribution in [0.15, 0.2) is 17.1 Å². The first-order valence-electron chi connectivity index (χ1n) is 4.65. The van der Waals surface area contributed by atoms with Gasteiger partial charge in [0, 0.05) is 12.6 Å². The van der Waals surface area contributed by atoms with E-state index >= 15 is 0 Å². The molecule has 0 aliphatic heterocycles. The van der Waals surface area contributed by atoms with Crippen molar-refractivity contribution in [1.29, 1.82) is 0 Å². The minimum atomic E-state index is -4.42. The second-order valence-corrected chi connectivity index (χ2v) is 3.53. The van der Waals surface area contributed by atoms with Gasteiger partial charge in [0.05, 0.1) is 18.7 Å².